The number of aromatic nitrogens is 1. The van der Waals surface area contributed by atoms with E-state index in [4.69, 9.17) is 16.0 Å². The summed E-state index contributed by atoms with van der Waals surface area (Å²) in [6, 6.07) is 17.4. The number of carbonyl (C=O) groups is 2. The van der Waals surface area contributed by atoms with Crippen LogP contribution in [0.1, 0.15) is 106 Å². The van der Waals surface area contributed by atoms with Crippen molar-refractivity contribution in [1.29, 1.82) is 0 Å². The molecule has 2 amide bonds. The van der Waals surface area contributed by atoms with Crippen LogP contribution in [-0.4, -0.2) is 28.4 Å². The maximum atomic E-state index is 12.7. The number of allylic oxidation sites excluding steroid dienone is 1. The van der Waals surface area contributed by atoms with Crippen molar-refractivity contribution in [2.75, 3.05) is 0 Å². The van der Waals surface area contributed by atoms with E-state index in [0.717, 1.165) is 54.8 Å². The number of nitrogens with one attached hydrogen (secondary N) is 3. The topological polar surface area (TPSA) is 87.1 Å². The van der Waals surface area contributed by atoms with Gasteiger partial charge in [0.15, 0.2) is 5.76 Å². The van der Waals surface area contributed by atoms with Gasteiger partial charge in [0.05, 0.1) is 0 Å². The van der Waals surface area contributed by atoms with Crippen molar-refractivity contribution >= 4 is 45.3 Å². The molecule has 2 fully saturated rings. The molecule has 0 saturated heterocycles. The molecule has 0 aliphatic heterocycles. The highest BCUT2D eigenvalue weighted by molar-refractivity contribution is 6.31. The lowest BCUT2D eigenvalue weighted by Gasteiger charge is -2.44. The Morgan fingerprint density at radius 2 is 1.77 bits per heavy atom. The zero-order chi connectivity index (χ0) is 30.4. The zero-order valence-electron chi connectivity index (χ0n) is 25.6. The Labute approximate surface area is 259 Å². The van der Waals surface area contributed by atoms with E-state index >= 15 is 0 Å². The van der Waals surface area contributed by atoms with Crippen LogP contribution in [0.15, 0.2) is 70.7 Å². The van der Waals surface area contributed by atoms with Gasteiger partial charge in [-0.05, 0) is 87.3 Å². The predicted molar refractivity (Wildman–Crippen MR) is 176 cm³/mol. The molecule has 2 aromatic carbocycles. The van der Waals surface area contributed by atoms with Crippen molar-refractivity contribution in [3.05, 3.63) is 82.7 Å². The second-order valence-corrected chi connectivity index (χ2v) is 12.6. The first kappa shape index (κ1) is 30.9. The number of para-hydroxylation sites is 1. The number of fused-ring (bicyclic) bond motifs is 4. The van der Waals surface area contributed by atoms with E-state index in [0.29, 0.717) is 34.0 Å². The number of aromatic amines is 1. The molecule has 2 bridgehead atoms. The molecule has 3 N–H and O–H groups in total. The van der Waals surface area contributed by atoms with Crippen LogP contribution in [0.4, 0.5) is 0 Å². The number of H-pyrrole nitrogens is 1. The summed E-state index contributed by atoms with van der Waals surface area (Å²) in [4.78, 5) is 28.0. The first-order chi connectivity index (χ1) is 20.9. The van der Waals surface area contributed by atoms with Gasteiger partial charge in [0.25, 0.3) is 11.8 Å². The third-order valence-electron chi connectivity index (χ3n) is 8.77. The van der Waals surface area contributed by atoms with Gasteiger partial charge in [-0.2, -0.15) is 0 Å². The fourth-order valence-electron chi connectivity index (χ4n) is 6.96. The standard InChI is InChI=1S/C19H20ClNO2.C15H18N2O.C2H6/c1-12-7-13-3-2-6-19(10-12,11-13)21-18(22)17-9-14-8-15(20)4-5-16(14)23-17;18-15(16-12-7-2-1-3-8-12)14-10-11-6-4-5-9-13(11)17-14;1-2/h3-5,8-9,12H,2,6-7,10-11H2,1H3,(H,21,22);4-6,9-10,12,17H,1-3,7-8H2,(H,16,18);1-2H3. The Morgan fingerprint density at radius 3 is 2.56 bits per heavy atom. The minimum absolute atomic E-state index is 0.0260. The summed E-state index contributed by atoms with van der Waals surface area (Å²) in [6.45, 7) is 6.27. The van der Waals surface area contributed by atoms with Crippen LogP contribution < -0.4 is 10.6 Å². The highest BCUT2D eigenvalue weighted by Gasteiger charge is 2.40. The van der Waals surface area contributed by atoms with Gasteiger partial charge in [0, 0.05) is 32.9 Å². The van der Waals surface area contributed by atoms with E-state index < -0.39 is 0 Å². The smallest absolute Gasteiger partial charge is 0.287 e. The predicted octanol–water partition coefficient (Wildman–Crippen LogP) is 9.35. The number of furan rings is 1. The average molecular weight is 602 g/mol. The van der Waals surface area contributed by atoms with Crippen molar-refractivity contribution in [2.45, 2.75) is 96.6 Å². The first-order valence-electron chi connectivity index (χ1n) is 15.9. The number of hydrogen-bond acceptors (Lipinski definition) is 3. The number of amides is 2. The number of hydrogen-bond donors (Lipinski definition) is 3. The minimum Gasteiger partial charge on any atom is -0.451 e. The van der Waals surface area contributed by atoms with Crippen LogP contribution in [-0.2, 0) is 0 Å². The van der Waals surface area contributed by atoms with Crippen molar-refractivity contribution in [1.82, 2.24) is 15.6 Å². The molecule has 7 rings (SSSR count). The second kappa shape index (κ2) is 13.9. The number of benzene rings is 2. The van der Waals surface area contributed by atoms with Crippen LogP contribution in [0, 0.1) is 5.92 Å². The minimum atomic E-state index is -0.118. The molecule has 2 aromatic heterocycles. The monoisotopic (exact) mass is 601 g/mol. The Balaban J connectivity index is 0.000000166. The van der Waals surface area contributed by atoms with Gasteiger partial charge in [-0.25, -0.2) is 0 Å². The summed E-state index contributed by atoms with van der Waals surface area (Å²) < 4.78 is 5.70. The lowest BCUT2D eigenvalue weighted by Crippen LogP contribution is -2.52. The highest BCUT2D eigenvalue weighted by atomic mass is 35.5. The van der Waals surface area contributed by atoms with Crippen molar-refractivity contribution < 1.29 is 14.0 Å². The Kier molecular flexibility index (Phi) is 9.97. The van der Waals surface area contributed by atoms with Gasteiger partial charge in [-0.1, -0.05) is 81.5 Å². The van der Waals surface area contributed by atoms with Gasteiger partial charge in [0.2, 0.25) is 0 Å². The maximum absolute atomic E-state index is 12.7. The van der Waals surface area contributed by atoms with Crippen molar-refractivity contribution in [3.8, 4) is 0 Å². The van der Waals surface area contributed by atoms with E-state index in [1.807, 2.05) is 50.2 Å². The molecule has 6 nitrogen and oxygen atoms in total. The molecule has 2 atom stereocenters. The van der Waals surface area contributed by atoms with Gasteiger partial charge in [-0.15, -0.1) is 0 Å². The fourth-order valence-corrected chi connectivity index (χ4v) is 7.14. The fraction of sp³-hybridized carbons (Fsp3) is 0.444. The maximum Gasteiger partial charge on any atom is 0.287 e. The van der Waals surface area contributed by atoms with Crippen LogP contribution in [0.2, 0.25) is 5.02 Å². The lowest BCUT2D eigenvalue weighted by atomic mass is 9.68. The third kappa shape index (κ3) is 7.53. The van der Waals surface area contributed by atoms with Gasteiger partial charge >= 0.3 is 0 Å². The van der Waals surface area contributed by atoms with Crippen LogP contribution in [0.5, 0.6) is 0 Å². The largest absolute Gasteiger partial charge is 0.451 e. The molecule has 2 unspecified atom stereocenters. The van der Waals surface area contributed by atoms with Crippen LogP contribution >= 0.6 is 11.6 Å². The molecule has 2 saturated carbocycles. The molecule has 228 valence electrons. The molecule has 4 aromatic rings. The number of carbonyl (C=O) groups excluding carboxylic acids is 2. The molecular formula is C36H44ClN3O3. The SMILES string of the molecule is CC.CC1CC2=CCCC(NC(=O)c3cc4cc(Cl)ccc4o3)(C2)C1.O=C(NC1CCCCC1)c1cc2ccccc2[nH]1. The second-order valence-electron chi connectivity index (χ2n) is 12.2. The summed E-state index contributed by atoms with van der Waals surface area (Å²) in [5, 5.41) is 9.00. The molecule has 2 heterocycles. The number of halogens is 1. The lowest BCUT2D eigenvalue weighted by molar-refractivity contribution is 0.0826. The highest BCUT2D eigenvalue weighted by Crippen LogP contribution is 2.42. The zero-order valence-corrected chi connectivity index (χ0v) is 26.4. The summed E-state index contributed by atoms with van der Waals surface area (Å²) >= 11 is 6.00. The summed E-state index contributed by atoms with van der Waals surface area (Å²) in [6.07, 6.45) is 13.6. The van der Waals surface area contributed by atoms with Crippen molar-refractivity contribution in [3.63, 3.8) is 0 Å². The van der Waals surface area contributed by atoms with E-state index in [1.54, 1.807) is 18.2 Å². The normalized spacial score (nSPS) is 21.6. The molecule has 3 aliphatic rings. The van der Waals surface area contributed by atoms with Crippen LogP contribution in [0.25, 0.3) is 21.9 Å². The molecule has 0 spiro atoms. The van der Waals surface area contributed by atoms with Gasteiger partial charge < -0.3 is 20.0 Å². The van der Waals surface area contributed by atoms with Gasteiger partial charge in [0.1, 0.15) is 11.3 Å². The summed E-state index contributed by atoms with van der Waals surface area (Å²) in [7, 11) is 0. The van der Waals surface area contributed by atoms with E-state index in [-0.39, 0.29) is 17.4 Å². The van der Waals surface area contributed by atoms with E-state index in [2.05, 4.69) is 28.6 Å². The first-order valence-corrected chi connectivity index (χ1v) is 16.3. The quantitative estimate of drug-likeness (QED) is 0.204. The summed E-state index contributed by atoms with van der Waals surface area (Å²) in [5.41, 5.74) is 3.77. The summed E-state index contributed by atoms with van der Waals surface area (Å²) in [5.74, 6) is 0.891. The van der Waals surface area contributed by atoms with E-state index in [1.165, 1.54) is 31.3 Å². The van der Waals surface area contributed by atoms with Crippen LogP contribution in [0.3, 0.4) is 0 Å². The number of rotatable bonds is 4. The molecular weight excluding hydrogens is 558 g/mol. The molecule has 3 aliphatic carbocycles. The molecule has 7 heteroatoms. The molecule has 43 heavy (non-hydrogen) atoms. The Morgan fingerprint density at radius 1 is 0.977 bits per heavy atom. The van der Waals surface area contributed by atoms with Crippen molar-refractivity contribution in [2.24, 2.45) is 5.92 Å². The average Bonchev–Trinajstić information content (AvgIpc) is 3.63. The van der Waals surface area contributed by atoms with E-state index in [9.17, 15) is 9.59 Å². The third-order valence-corrected chi connectivity index (χ3v) is 9.00. The molecule has 0 radical (unpaired) electrons. The Hall–Kier alpha value is -3.51. The Bertz CT molecular complexity index is 1560. The van der Waals surface area contributed by atoms with Gasteiger partial charge in [-0.3, -0.25) is 9.59 Å².